The van der Waals surface area contributed by atoms with Gasteiger partial charge in [-0.25, -0.2) is 9.59 Å². The van der Waals surface area contributed by atoms with Crippen molar-refractivity contribution < 1.29 is 28.9 Å². The number of benzene rings is 2. The Kier molecular flexibility index (Phi) is 22.6. The molecule has 0 amide bonds. The molecular formula is C36H56O6. The highest BCUT2D eigenvalue weighted by atomic mass is 16.5. The lowest BCUT2D eigenvalue weighted by molar-refractivity contribution is 0.0450. The van der Waals surface area contributed by atoms with Crippen LogP contribution in [0.1, 0.15) is 144 Å². The molecule has 0 spiro atoms. The van der Waals surface area contributed by atoms with E-state index in [9.17, 15) is 14.7 Å². The van der Waals surface area contributed by atoms with E-state index < -0.39 is 11.9 Å². The Morgan fingerprint density at radius 3 is 1.45 bits per heavy atom. The van der Waals surface area contributed by atoms with Gasteiger partial charge in [0.25, 0.3) is 0 Å². The molecule has 0 bridgehead atoms. The van der Waals surface area contributed by atoms with Crippen LogP contribution in [0.15, 0.2) is 48.5 Å². The largest absolute Gasteiger partial charge is 0.508 e. The van der Waals surface area contributed by atoms with Crippen LogP contribution in [-0.2, 0) is 9.47 Å². The van der Waals surface area contributed by atoms with E-state index >= 15 is 0 Å². The molecule has 6 nitrogen and oxygen atoms in total. The Bertz CT molecular complexity index is 908. The standard InChI is InChI=1S/C24H38O4.C12H18O2/c1-3-5-7-9-11-15-19-27-23(25)21-17-13-14-18-22(21)24(26)28-20-16-12-10-8-6-4-2;1-2-3-4-5-9-14-12-8-6-7-11(13)10-12/h13-14,17-18H,3-12,15-16,19-20H2,1-2H3;6-8,10,13H,2-5,9H2,1H3. The van der Waals surface area contributed by atoms with E-state index in [0.717, 1.165) is 44.5 Å². The number of esters is 2. The van der Waals surface area contributed by atoms with Crippen molar-refractivity contribution in [3.8, 4) is 11.5 Å². The number of ether oxygens (including phenoxy) is 3. The first-order valence-corrected chi connectivity index (χ1v) is 16.4. The molecule has 0 saturated heterocycles. The van der Waals surface area contributed by atoms with Gasteiger partial charge in [0.15, 0.2) is 0 Å². The highest BCUT2D eigenvalue weighted by Crippen LogP contribution is 2.18. The Hall–Kier alpha value is -3.02. The molecule has 42 heavy (non-hydrogen) atoms. The molecule has 2 aromatic carbocycles. The first-order valence-electron chi connectivity index (χ1n) is 16.4. The molecule has 0 aliphatic rings. The molecule has 0 saturated carbocycles. The van der Waals surface area contributed by atoms with Crippen LogP contribution >= 0.6 is 0 Å². The summed E-state index contributed by atoms with van der Waals surface area (Å²) < 4.78 is 16.2. The zero-order valence-corrected chi connectivity index (χ0v) is 26.5. The third-order valence-corrected chi connectivity index (χ3v) is 6.91. The summed E-state index contributed by atoms with van der Waals surface area (Å²) in [6, 6.07) is 13.7. The molecule has 0 unspecified atom stereocenters. The van der Waals surface area contributed by atoms with Crippen molar-refractivity contribution in [2.75, 3.05) is 19.8 Å². The van der Waals surface area contributed by atoms with Crippen molar-refractivity contribution in [3.05, 3.63) is 59.7 Å². The summed E-state index contributed by atoms with van der Waals surface area (Å²) in [6.45, 7) is 8.10. The van der Waals surface area contributed by atoms with Gasteiger partial charge in [0.2, 0.25) is 0 Å². The molecule has 0 aromatic heterocycles. The van der Waals surface area contributed by atoms with Gasteiger partial charge >= 0.3 is 11.9 Å². The van der Waals surface area contributed by atoms with Crippen LogP contribution in [0.2, 0.25) is 0 Å². The topological polar surface area (TPSA) is 82.1 Å². The summed E-state index contributed by atoms with van der Waals surface area (Å²) in [5, 5.41) is 9.17. The van der Waals surface area contributed by atoms with E-state index in [1.165, 1.54) is 70.6 Å². The fraction of sp³-hybridized carbons (Fsp3) is 0.611. The summed E-state index contributed by atoms with van der Waals surface area (Å²) >= 11 is 0. The van der Waals surface area contributed by atoms with Gasteiger partial charge in [-0.15, -0.1) is 0 Å². The zero-order chi connectivity index (χ0) is 30.7. The fourth-order valence-electron chi connectivity index (χ4n) is 4.38. The maximum Gasteiger partial charge on any atom is 0.339 e. The summed E-state index contributed by atoms with van der Waals surface area (Å²) in [6.07, 6.45) is 18.4. The molecule has 0 radical (unpaired) electrons. The average molecular weight is 585 g/mol. The molecule has 0 aliphatic heterocycles. The van der Waals surface area contributed by atoms with Crippen molar-refractivity contribution in [2.24, 2.45) is 0 Å². The second kappa shape index (κ2) is 25.7. The predicted octanol–water partition coefficient (Wildman–Crippen LogP) is 10.1. The number of phenols is 1. The lowest BCUT2D eigenvalue weighted by Gasteiger charge is -2.10. The van der Waals surface area contributed by atoms with E-state index in [1.807, 2.05) is 6.07 Å². The molecule has 2 rings (SSSR count). The number of carbonyl (C=O) groups excluding carboxylic acids is 2. The molecule has 0 atom stereocenters. The smallest absolute Gasteiger partial charge is 0.339 e. The third-order valence-electron chi connectivity index (χ3n) is 6.91. The van der Waals surface area contributed by atoms with Gasteiger partial charge in [0.05, 0.1) is 30.9 Å². The van der Waals surface area contributed by atoms with E-state index in [4.69, 9.17) is 14.2 Å². The van der Waals surface area contributed by atoms with E-state index in [-0.39, 0.29) is 5.75 Å². The van der Waals surface area contributed by atoms with Crippen LogP contribution in [0, 0.1) is 0 Å². The monoisotopic (exact) mass is 584 g/mol. The summed E-state index contributed by atoms with van der Waals surface area (Å²) in [5.74, 6) is 0.124. The molecule has 2 aromatic rings. The van der Waals surface area contributed by atoms with Gasteiger partial charge in [-0.2, -0.15) is 0 Å². The summed E-state index contributed by atoms with van der Waals surface area (Å²) in [5.41, 5.74) is 0.586. The lowest BCUT2D eigenvalue weighted by atomic mass is 10.1. The number of hydrogen-bond donors (Lipinski definition) is 1. The highest BCUT2D eigenvalue weighted by Gasteiger charge is 2.18. The molecular weight excluding hydrogens is 528 g/mol. The number of aromatic hydroxyl groups is 1. The van der Waals surface area contributed by atoms with E-state index in [1.54, 1.807) is 42.5 Å². The number of hydrogen-bond acceptors (Lipinski definition) is 6. The molecule has 1 N–H and O–H groups in total. The van der Waals surface area contributed by atoms with Crippen LogP contribution in [0.3, 0.4) is 0 Å². The van der Waals surface area contributed by atoms with E-state index in [0.29, 0.717) is 24.3 Å². The maximum atomic E-state index is 12.4. The molecule has 0 aliphatic carbocycles. The molecule has 0 heterocycles. The first-order chi connectivity index (χ1) is 20.5. The van der Waals surface area contributed by atoms with Crippen molar-refractivity contribution in [1.29, 1.82) is 0 Å². The molecule has 236 valence electrons. The Labute approximate surface area is 255 Å². The summed E-state index contributed by atoms with van der Waals surface area (Å²) in [7, 11) is 0. The van der Waals surface area contributed by atoms with Crippen molar-refractivity contribution in [2.45, 2.75) is 124 Å². The van der Waals surface area contributed by atoms with Gasteiger partial charge in [0.1, 0.15) is 11.5 Å². The van der Waals surface area contributed by atoms with Crippen molar-refractivity contribution in [1.82, 2.24) is 0 Å². The van der Waals surface area contributed by atoms with Crippen LogP contribution in [0.25, 0.3) is 0 Å². The number of phenolic OH excluding ortho intramolecular Hbond substituents is 1. The average Bonchev–Trinajstić information content (AvgIpc) is 3.00. The maximum absolute atomic E-state index is 12.4. The van der Waals surface area contributed by atoms with Crippen molar-refractivity contribution in [3.63, 3.8) is 0 Å². The predicted molar refractivity (Wildman–Crippen MR) is 172 cm³/mol. The Balaban J connectivity index is 0.000000525. The number of carbonyl (C=O) groups is 2. The van der Waals surface area contributed by atoms with Crippen molar-refractivity contribution >= 4 is 11.9 Å². The number of unbranched alkanes of at least 4 members (excludes halogenated alkanes) is 13. The Morgan fingerprint density at radius 1 is 0.548 bits per heavy atom. The van der Waals surface area contributed by atoms with E-state index in [2.05, 4.69) is 20.8 Å². The second-order valence-electron chi connectivity index (χ2n) is 10.8. The normalized spacial score (nSPS) is 10.5. The molecule has 6 heteroatoms. The minimum atomic E-state index is -0.444. The quantitative estimate of drug-likeness (QED) is 0.110. The van der Waals surface area contributed by atoms with Gasteiger partial charge in [-0.05, 0) is 43.5 Å². The minimum Gasteiger partial charge on any atom is -0.508 e. The van der Waals surface area contributed by atoms with Crippen LogP contribution in [0.4, 0.5) is 0 Å². The lowest BCUT2D eigenvalue weighted by Crippen LogP contribution is -2.15. The van der Waals surface area contributed by atoms with Crippen LogP contribution in [0.5, 0.6) is 11.5 Å². The van der Waals surface area contributed by atoms with Gasteiger partial charge < -0.3 is 19.3 Å². The van der Waals surface area contributed by atoms with Gasteiger partial charge in [-0.3, -0.25) is 0 Å². The second-order valence-corrected chi connectivity index (χ2v) is 10.8. The summed E-state index contributed by atoms with van der Waals surface area (Å²) in [4.78, 5) is 24.7. The Morgan fingerprint density at radius 2 is 0.976 bits per heavy atom. The van der Waals surface area contributed by atoms with Crippen LogP contribution < -0.4 is 4.74 Å². The number of rotatable bonds is 22. The fourth-order valence-corrected chi connectivity index (χ4v) is 4.38. The molecule has 0 fully saturated rings. The van der Waals surface area contributed by atoms with Gasteiger partial charge in [0, 0.05) is 6.07 Å². The van der Waals surface area contributed by atoms with Gasteiger partial charge in [-0.1, -0.05) is 122 Å². The third kappa shape index (κ3) is 18.4. The highest BCUT2D eigenvalue weighted by molar-refractivity contribution is 6.03. The van der Waals surface area contributed by atoms with Crippen LogP contribution in [-0.4, -0.2) is 36.9 Å². The SMILES string of the molecule is CCCCCCCCOC(=O)c1ccccc1C(=O)OCCCCCCCC.CCCCCCOc1cccc(O)c1. The minimum absolute atomic E-state index is 0.260. The zero-order valence-electron chi connectivity index (χ0n) is 26.5. The first kappa shape index (κ1) is 37.0.